The Morgan fingerprint density at radius 3 is 2.21 bits per heavy atom. The van der Waals surface area contributed by atoms with Gasteiger partial charge in [0.05, 0.1) is 5.69 Å². The summed E-state index contributed by atoms with van der Waals surface area (Å²) in [5, 5.41) is 21.0. The van der Waals surface area contributed by atoms with Crippen LogP contribution in [0.15, 0.2) is 29.4 Å². The van der Waals surface area contributed by atoms with Crippen molar-refractivity contribution in [1.29, 1.82) is 10.5 Å². The van der Waals surface area contributed by atoms with Crippen LogP contribution in [-0.2, 0) is 4.79 Å². The van der Waals surface area contributed by atoms with Crippen LogP contribution in [-0.4, -0.2) is 42.7 Å². The molecule has 1 amide bonds. The van der Waals surface area contributed by atoms with Crippen molar-refractivity contribution in [2.75, 3.05) is 36.5 Å². The van der Waals surface area contributed by atoms with Gasteiger partial charge >= 0.3 is 0 Å². The third kappa shape index (κ3) is 4.23. The third-order valence-electron chi connectivity index (χ3n) is 3.83. The lowest BCUT2D eigenvalue weighted by molar-refractivity contribution is -0.134. The summed E-state index contributed by atoms with van der Waals surface area (Å²) in [5.41, 5.74) is 4.24. The number of piperazine rings is 1. The fourth-order valence-corrected chi connectivity index (χ4v) is 2.49. The first-order valence-electron chi connectivity index (χ1n) is 7.83. The monoisotopic (exact) mass is 324 g/mol. The Hall–Kier alpha value is -3.06. The molecule has 1 aliphatic heterocycles. The van der Waals surface area contributed by atoms with Gasteiger partial charge in [-0.2, -0.15) is 15.6 Å². The zero-order chi connectivity index (χ0) is 17.5. The summed E-state index contributed by atoms with van der Waals surface area (Å²) in [7, 11) is 0. The lowest BCUT2D eigenvalue weighted by atomic mass is 10.1. The first-order valence-corrected chi connectivity index (χ1v) is 7.83. The van der Waals surface area contributed by atoms with E-state index in [2.05, 4.69) is 15.4 Å². The number of hydrazone groups is 1. The maximum Gasteiger partial charge on any atom is 0.237 e. The number of carbonyl (C=O) groups is 1. The summed E-state index contributed by atoms with van der Waals surface area (Å²) in [5.74, 6) is 0.243. The molecular formula is C17H20N6O. The maximum atomic E-state index is 12.0. The van der Waals surface area contributed by atoms with Crippen LogP contribution in [0.4, 0.5) is 11.4 Å². The van der Waals surface area contributed by atoms with Crippen molar-refractivity contribution in [3.63, 3.8) is 0 Å². The summed E-state index contributed by atoms with van der Waals surface area (Å²) in [6.07, 6.45) is 0. The number of carbonyl (C=O) groups excluding carboxylic acids is 1. The Kier molecular flexibility index (Phi) is 5.75. The molecule has 1 aliphatic rings. The van der Waals surface area contributed by atoms with Crippen molar-refractivity contribution in [3.05, 3.63) is 24.3 Å². The van der Waals surface area contributed by atoms with Crippen molar-refractivity contribution in [2.24, 2.45) is 11.0 Å². The topological polar surface area (TPSA) is 95.5 Å². The van der Waals surface area contributed by atoms with Crippen LogP contribution in [0.5, 0.6) is 0 Å². The normalized spacial score (nSPS) is 13.9. The van der Waals surface area contributed by atoms with Gasteiger partial charge in [-0.3, -0.25) is 10.2 Å². The zero-order valence-corrected chi connectivity index (χ0v) is 13.9. The van der Waals surface area contributed by atoms with Gasteiger partial charge < -0.3 is 9.80 Å². The highest BCUT2D eigenvalue weighted by atomic mass is 16.2. The van der Waals surface area contributed by atoms with Gasteiger partial charge in [-0.15, -0.1) is 0 Å². The highest BCUT2D eigenvalue weighted by Gasteiger charge is 2.22. The van der Waals surface area contributed by atoms with Crippen LogP contribution >= 0.6 is 0 Å². The molecule has 0 radical (unpaired) electrons. The molecule has 7 heteroatoms. The van der Waals surface area contributed by atoms with Crippen LogP contribution in [0.1, 0.15) is 13.8 Å². The lowest BCUT2D eigenvalue weighted by Gasteiger charge is -2.37. The summed E-state index contributed by atoms with van der Waals surface area (Å²) in [6, 6.07) is 11.0. The number of hydrogen-bond donors (Lipinski definition) is 1. The third-order valence-corrected chi connectivity index (χ3v) is 3.83. The van der Waals surface area contributed by atoms with Crippen LogP contribution in [0.3, 0.4) is 0 Å². The Morgan fingerprint density at radius 2 is 1.71 bits per heavy atom. The van der Waals surface area contributed by atoms with E-state index in [9.17, 15) is 4.79 Å². The SMILES string of the molecule is CC(C)C(=O)N1CCN(c2ccc(NN=C(C#N)C#N)cc2)CC1. The van der Waals surface area contributed by atoms with E-state index in [0.717, 1.165) is 31.9 Å². The van der Waals surface area contributed by atoms with Crippen LogP contribution < -0.4 is 10.3 Å². The fraction of sp³-hybridized carbons (Fsp3) is 0.412. The number of amides is 1. The number of anilines is 2. The lowest BCUT2D eigenvalue weighted by Crippen LogP contribution is -2.49. The number of benzene rings is 1. The Morgan fingerprint density at radius 1 is 1.12 bits per heavy atom. The molecule has 0 bridgehead atoms. The van der Waals surface area contributed by atoms with Gasteiger partial charge in [-0.25, -0.2) is 0 Å². The molecule has 0 unspecified atom stereocenters. The number of rotatable bonds is 4. The molecule has 7 nitrogen and oxygen atoms in total. The molecular weight excluding hydrogens is 304 g/mol. The van der Waals surface area contributed by atoms with E-state index in [1.165, 1.54) is 0 Å². The largest absolute Gasteiger partial charge is 0.368 e. The molecule has 0 atom stereocenters. The minimum absolute atomic E-state index is 0.0363. The zero-order valence-electron chi connectivity index (χ0n) is 13.9. The van der Waals surface area contributed by atoms with E-state index in [0.29, 0.717) is 5.69 Å². The molecule has 0 aromatic heterocycles. The van der Waals surface area contributed by atoms with Crippen molar-refractivity contribution in [2.45, 2.75) is 13.8 Å². The minimum Gasteiger partial charge on any atom is -0.368 e. The number of hydrogen-bond acceptors (Lipinski definition) is 6. The van der Waals surface area contributed by atoms with E-state index in [4.69, 9.17) is 10.5 Å². The van der Waals surface area contributed by atoms with Crippen molar-refractivity contribution in [1.82, 2.24) is 4.90 Å². The second-order valence-corrected chi connectivity index (χ2v) is 5.81. The predicted molar refractivity (Wildman–Crippen MR) is 92.4 cm³/mol. The first kappa shape index (κ1) is 17.3. The van der Waals surface area contributed by atoms with Crippen LogP contribution in [0.25, 0.3) is 0 Å². The Labute approximate surface area is 141 Å². The van der Waals surface area contributed by atoms with Gasteiger partial charge in [0, 0.05) is 37.8 Å². The molecule has 0 spiro atoms. The maximum absolute atomic E-state index is 12.0. The van der Waals surface area contributed by atoms with E-state index in [1.807, 2.05) is 43.0 Å². The second-order valence-electron chi connectivity index (χ2n) is 5.81. The molecule has 1 saturated heterocycles. The molecule has 0 aliphatic carbocycles. The fourth-order valence-electron chi connectivity index (χ4n) is 2.49. The molecule has 0 saturated carbocycles. The predicted octanol–water partition coefficient (Wildman–Crippen LogP) is 1.81. The number of nitrogens with zero attached hydrogens (tertiary/aromatic N) is 5. The molecule has 1 heterocycles. The van der Waals surface area contributed by atoms with E-state index in [1.54, 1.807) is 12.1 Å². The highest BCUT2D eigenvalue weighted by molar-refractivity contribution is 6.10. The van der Waals surface area contributed by atoms with Gasteiger partial charge in [0.1, 0.15) is 12.1 Å². The second kappa shape index (κ2) is 7.98. The van der Waals surface area contributed by atoms with Crippen LogP contribution in [0.2, 0.25) is 0 Å². The smallest absolute Gasteiger partial charge is 0.237 e. The minimum atomic E-state index is -0.218. The first-order chi connectivity index (χ1) is 11.5. The van der Waals surface area contributed by atoms with Crippen molar-refractivity contribution >= 4 is 23.0 Å². The number of nitrogens with one attached hydrogen (secondary N) is 1. The van der Waals surface area contributed by atoms with Crippen LogP contribution in [0, 0.1) is 28.6 Å². The molecule has 2 rings (SSSR count). The molecule has 1 aromatic rings. The molecule has 1 aromatic carbocycles. The van der Waals surface area contributed by atoms with Gasteiger partial charge in [-0.05, 0) is 24.3 Å². The summed E-state index contributed by atoms with van der Waals surface area (Å²) < 4.78 is 0. The summed E-state index contributed by atoms with van der Waals surface area (Å²) >= 11 is 0. The van der Waals surface area contributed by atoms with Gasteiger partial charge in [0.15, 0.2) is 0 Å². The van der Waals surface area contributed by atoms with Gasteiger partial charge in [0.25, 0.3) is 0 Å². The quantitative estimate of drug-likeness (QED) is 0.673. The highest BCUT2D eigenvalue weighted by Crippen LogP contribution is 2.20. The van der Waals surface area contributed by atoms with E-state index < -0.39 is 0 Å². The molecule has 1 N–H and O–H groups in total. The molecule has 1 fully saturated rings. The summed E-state index contributed by atoms with van der Waals surface area (Å²) in [4.78, 5) is 16.1. The van der Waals surface area contributed by atoms with Gasteiger partial charge in [-0.1, -0.05) is 13.8 Å². The average Bonchev–Trinajstić information content (AvgIpc) is 2.62. The standard InChI is InChI=1S/C17H20N6O/c1-13(2)17(24)23-9-7-22(8-10-23)16-5-3-14(4-6-16)20-21-15(11-18)12-19/h3-6,13,20H,7-10H2,1-2H3. The molecule has 24 heavy (non-hydrogen) atoms. The average molecular weight is 324 g/mol. The number of nitriles is 2. The Balaban J connectivity index is 1.93. The van der Waals surface area contributed by atoms with E-state index in [-0.39, 0.29) is 17.5 Å². The molecule has 124 valence electrons. The Bertz CT molecular complexity index is 671. The van der Waals surface area contributed by atoms with E-state index >= 15 is 0 Å². The summed E-state index contributed by atoms with van der Waals surface area (Å²) in [6.45, 7) is 6.91. The van der Waals surface area contributed by atoms with Crippen molar-refractivity contribution in [3.8, 4) is 12.1 Å². The van der Waals surface area contributed by atoms with Crippen molar-refractivity contribution < 1.29 is 4.79 Å². The van der Waals surface area contributed by atoms with Gasteiger partial charge in [0.2, 0.25) is 11.6 Å².